The van der Waals surface area contributed by atoms with E-state index in [-0.39, 0.29) is 27.8 Å². The maximum atomic E-state index is 11.4. The number of rotatable bonds is 2. The van der Waals surface area contributed by atoms with Gasteiger partial charge in [-0.25, -0.2) is 8.42 Å². The fourth-order valence-electron chi connectivity index (χ4n) is 1.77. The first-order chi connectivity index (χ1) is 7.80. The third-order valence-electron chi connectivity index (χ3n) is 2.54. The second-order valence-corrected chi connectivity index (χ2v) is 7.13. The minimum Gasteiger partial charge on any atom is -0.361 e. The van der Waals surface area contributed by atoms with Gasteiger partial charge in [0.15, 0.2) is 20.8 Å². The molecule has 0 amide bonds. The van der Waals surface area contributed by atoms with E-state index >= 15 is 0 Å². The fraction of sp³-hybridized carbons (Fsp3) is 0.625. The van der Waals surface area contributed by atoms with Gasteiger partial charge in [-0.2, -0.15) is 4.98 Å². The summed E-state index contributed by atoms with van der Waals surface area (Å²) in [5, 5.41) is 10.1. The standard InChI is InChI=1S/C8H10Cl2N4O2S/c1-8(2-3-17(15,16)4-8)12-6-5(9)13-14-7(10)11-6/h2-4H2,1H3,(H,11,12,14). The summed E-state index contributed by atoms with van der Waals surface area (Å²) < 4.78 is 22.9. The van der Waals surface area contributed by atoms with Crippen molar-refractivity contribution in [3.8, 4) is 0 Å². The molecule has 1 aromatic rings. The normalized spacial score (nSPS) is 27.0. The Balaban J connectivity index is 2.24. The molecule has 0 spiro atoms. The molecule has 9 heteroatoms. The molecule has 0 aliphatic carbocycles. The molecule has 1 aliphatic heterocycles. The third-order valence-corrected chi connectivity index (χ3v) is 4.86. The van der Waals surface area contributed by atoms with Crippen molar-refractivity contribution in [2.24, 2.45) is 0 Å². The van der Waals surface area contributed by atoms with Crippen molar-refractivity contribution in [3.63, 3.8) is 0 Å². The van der Waals surface area contributed by atoms with Crippen LogP contribution in [0.15, 0.2) is 0 Å². The number of halogens is 2. The van der Waals surface area contributed by atoms with E-state index in [1.165, 1.54) is 0 Å². The van der Waals surface area contributed by atoms with Crippen LogP contribution in [0.4, 0.5) is 5.82 Å². The molecule has 1 aromatic heterocycles. The highest BCUT2D eigenvalue weighted by Crippen LogP contribution is 2.29. The number of anilines is 1. The molecule has 2 rings (SSSR count). The number of hydrogen-bond acceptors (Lipinski definition) is 6. The van der Waals surface area contributed by atoms with Gasteiger partial charge in [-0.15, -0.1) is 10.2 Å². The van der Waals surface area contributed by atoms with Crippen LogP contribution in [0.25, 0.3) is 0 Å². The molecule has 6 nitrogen and oxygen atoms in total. The molecule has 1 atom stereocenters. The Bertz CT molecular complexity index is 550. The van der Waals surface area contributed by atoms with Gasteiger partial charge in [0, 0.05) is 0 Å². The molecule has 94 valence electrons. The predicted octanol–water partition coefficient (Wildman–Crippen LogP) is 1.17. The van der Waals surface area contributed by atoms with Crippen molar-refractivity contribution >= 4 is 38.9 Å². The maximum absolute atomic E-state index is 11.4. The summed E-state index contributed by atoms with van der Waals surface area (Å²) >= 11 is 11.4. The predicted molar refractivity (Wildman–Crippen MR) is 65.1 cm³/mol. The number of sulfone groups is 1. The van der Waals surface area contributed by atoms with Crippen LogP contribution in [0.3, 0.4) is 0 Å². The summed E-state index contributed by atoms with van der Waals surface area (Å²) in [4.78, 5) is 3.88. The van der Waals surface area contributed by atoms with Gasteiger partial charge in [-0.1, -0.05) is 11.6 Å². The third kappa shape index (κ3) is 2.97. The van der Waals surface area contributed by atoms with Gasteiger partial charge in [-0.3, -0.25) is 0 Å². The van der Waals surface area contributed by atoms with Crippen molar-refractivity contribution in [1.29, 1.82) is 0 Å². The molecular weight excluding hydrogens is 287 g/mol. The molecule has 17 heavy (non-hydrogen) atoms. The van der Waals surface area contributed by atoms with Gasteiger partial charge in [-0.05, 0) is 24.9 Å². The number of nitrogens with zero attached hydrogens (tertiary/aromatic N) is 3. The van der Waals surface area contributed by atoms with Crippen LogP contribution in [-0.2, 0) is 9.84 Å². The summed E-state index contributed by atoms with van der Waals surface area (Å²) in [7, 11) is -3.00. The molecular formula is C8H10Cl2N4O2S. The molecule has 1 aliphatic rings. The second-order valence-electron chi connectivity index (χ2n) is 4.25. The molecule has 1 unspecified atom stereocenters. The van der Waals surface area contributed by atoms with E-state index in [4.69, 9.17) is 23.2 Å². The fourth-order valence-corrected chi connectivity index (χ4v) is 4.11. The quantitative estimate of drug-likeness (QED) is 0.882. The van der Waals surface area contributed by atoms with Crippen molar-refractivity contribution in [1.82, 2.24) is 15.2 Å². The Hall–Kier alpha value is -0.660. The maximum Gasteiger partial charge on any atom is 0.245 e. The van der Waals surface area contributed by atoms with E-state index in [9.17, 15) is 8.42 Å². The number of aromatic nitrogens is 3. The largest absolute Gasteiger partial charge is 0.361 e. The summed E-state index contributed by atoms with van der Waals surface area (Å²) in [5.74, 6) is 0.449. The molecule has 1 saturated heterocycles. The van der Waals surface area contributed by atoms with Gasteiger partial charge in [0.05, 0.1) is 17.0 Å². The monoisotopic (exact) mass is 296 g/mol. The Labute approximate surface area is 109 Å². The SMILES string of the molecule is CC1(Nc2nc(Cl)nnc2Cl)CCS(=O)(=O)C1. The molecule has 1 fully saturated rings. The highest BCUT2D eigenvalue weighted by atomic mass is 35.5. The molecule has 2 heterocycles. The van der Waals surface area contributed by atoms with E-state index < -0.39 is 15.4 Å². The lowest BCUT2D eigenvalue weighted by Gasteiger charge is -2.24. The minimum absolute atomic E-state index is 0.0396. The van der Waals surface area contributed by atoms with Crippen LogP contribution in [0.1, 0.15) is 13.3 Å². The first-order valence-electron chi connectivity index (χ1n) is 4.84. The van der Waals surface area contributed by atoms with E-state index in [0.29, 0.717) is 6.42 Å². The Morgan fingerprint density at radius 3 is 2.65 bits per heavy atom. The topological polar surface area (TPSA) is 84.8 Å². The molecule has 0 bridgehead atoms. The van der Waals surface area contributed by atoms with Crippen LogP contribution in [0, 0.1) is 0 Å². The van der Waals surface area contributed by atoms with E-state index in [0.717, 1.165) is 0 Å². The van der Waals surface area contributed by atoms with Gasteiger partial charge in [0.1, 0.15) is 0 Å². The van der Waals surface area contributed by atoms with Crippen LogP contribution in [0.5, 0.6) is 0 Å². The summed E-state index contributed by atoms with van der Waals surface area (Å²) in [5.41, 5.74) is -0.595. The van der Waals surface area contributed by atoms with E-state index in [1.54, 1.807) is 6.92 Å². The van der Waals surface area contributed by atoms with Gasteiger partial charge in [0.25, 0.3) is 0 Å². The first-order valence-corrected chi connectivity index (χ1v) is 7.42. The first kappa shape index (κ1) is 12.8. The lowest BCUT2D eigenvalue weighted by Crippen LogP contribution is -2.36. The molecule has 0 saturated carbocycles. The van der Waals surface area contributed by atoms with Gasteiger partial charge in [0.2, 0.25) is 5.28 Å². The van der Waals surface area contributed by atoms with E-state index in [2.05, 4.69) is 20.5 Å². The molecule has 0 aromatic carbocycles. The van der Waals surface area contributed by atoms with Crippen molar-refractivity contribution in [2.75, 3.05) is 16.8 Å². The van der Waals surface area contributed by atoms with E-state index in [1.807, 2.05) is 0 Å². The summed E-state index contributed by atoms with van der Waals surface area (Å²) in [6.07, 6.45) is 0.493. The minimum atomic E-state index is -3.00. The molecule has 0 radical (unpaired) electrons. The van der Waals surface area contributed by atoms with Gasteiger partial charge >= 0.3 is 0 Å². The lowest BCUT2D eigenvalue weighted by atomic mass is 10.0. The van der Waals surface area contributed by atoms with Crippen LogP contribution in [-0.4, -0.2) is 40.6 Å². The van der Waals surface area contributed by atoms with Crippen molar-refractivity contribution < 1.29 is 8.42 Å². The number of nitrogens with one attached hydrogen (secondary N) is 1. The number of hydrogen-bond donors (Lipinski definition) is 1. The van der Waals surface area contributed by atoms with Crippen molar-refractivity contribution in [2.45, 2.75) is 18.9 Å². The Morgan fingerprint density at radius 1 is 1.35 bits per heavy atom. The second kappa shape index (κ2) is 4.22. The van der Waals surface area contributed by atoms with Gasteiger partial charge < -0.3 is 5.32 Å². The van der Waals surface area contributed by atoms with Crippen molar-refractivity contribution in [3.05, 3.63) is 10.4 Å². The van der Waals surface area contributed by atoms with Crippen LogP contribution in [0.2, 0.25) is 10.4 Å². The smallest absolute Gasteiger partial charge is 0.245 e. The zero-order valence-corrected chi connectivity index (χ0v) is 11.3. The van der Waals surface area contributed by atoms with Crippen LogP contribution >= 0.6 is 23.2 Å². The highest BCUT2D eigenvalue weighted by molar-refractivity contribution is 7.91. The summed E-state index contributed by atoms with van der Waals surface area (Å²) in [6.45, 7) is 1.80. The van der Waals surface area contributed by atoms with Crippen LogP contribution < -0.4 is 5.32 Å². The average molecular weight is 297 g/mol. The molecule has 1 N–H and O–H groups in total. The zero-order chi connectivity index (χ0) is 12.7. The Kier molecular flexibility index (Phi) is 3.17. The summed E-state index contributed by atoms with van der Waals surface area (Å²) in [6, 6.07) is 0. The highest BCUT2D eigenvalue weighted by Gasteiger charge is 2.39. The average Bonchev–Trinajstić information content (AvgIpc) is 2.47. The zero-order valence-electron chi connectivity index (χ0n) is 8.94. The Morgan fingerprint density at radius 2 is 2.06 bits per heavy atom. The lowest BCUT2D eigenvalue weighted by molar-refractivity contribution is 0.571.